The molecule has 2 aliphatic rings. The van der Waals surface area contributed by atoms with Crippen LogP contribution in [0.4, 0.5) is 21.5 Å². The molecule has 5 rings (SSSR count). The summed E-state index contributed by atoms with van der Waals surface area (Å²) in [7, 11) is -4.35. The minimum absolute atomic E-state index is 0.00363. The summed E-state index contributed by atoms with van der Waals surface area (Å²) >= 11 is 6.92. The minimum Gasteiger partial charge on any atom is -0.398 e. The normalized spacial score (nSPS) is 18.0. The van der Waals surface area contributed by atoms with Gasteiger partial charge in [-0.05, 0) is 55.7 Å². The number of nitrogen functional groups attached to an aromatic ring is 1. The van der Waals surface area contributed by atoms with E-state index >= 15 is 4.39 Å². The number of pyridine rings is 1. The summed E-state index contributed by atoms with van der Waals surface area (Å²) in [5, 5.41) is 30.4. The van der Waals surface area contributed by atoms with Gasteiger partial charge in [-0.1, -0.05) is 24.2 Å². The van der Waals surface area contributed by atoms with Crippen LogP contribution in [0.1, 0.15) is 41.0 Å². The number of amidine groups is 1. The zero-order valence-corrected chi connectivity index (χ0v) is 26.5. The lowest BCUT2D eigenvalue weighted by Crippen LogP contribution is -2.57. The zero-order chi connectivity index (χ0) is 33.0. The van der Waals surface area contributed by atoms with Crippen molar-refractivity contribution in [1.82, 2.24) is 14.8 Å². The van der Waals surface area contributed by atoms with Crippen molar-refractivity contribution in [2.45, 2.75) is 37.8 Å². The Morgan fingerprint density at radius 3 is 2.58 bits per heavy atom. The Balaban J connectivity index is 1.88. The van der Waals surface area contributed by atoms with E-state index in [0.29, 0.717) is 11.1 Å². The molecular weight excluding hydrogens is 621 g/mol. The van der Waals surface area contributed by atoms with Gasteiger partial charge in [0.15, 0.2) is 15.7 Å². The number of hydrogen-bond donors (Lipinski definition) is 5. The predicted octanol–water partition coefficient (Wildman–Crippen LogP) is 4.35. The number of anilines is 3. The fraction of sp³-hybridized carbons (Fsp3) is 0.290. The van der Waals surface area contributed by atoms with E-state index in [1.165, 1.54) is 22.9 Å². The third-order valence-electron chi connectivity index (χ3n) is 8.27. The number of hydrogen-bond acceptors (Lipinski definition) is 9. The number of amides is 1. The van der Waals surface area contributed by atoms with Crippen molar-refractivity contribution in [2.75, 3.05) is 36.4 Å². The minimum atomic E-state index is -4.35. The largest absolute Gasteiger partial charge is 0.398 e. The van der Waals surface area contributed by atoms with Gasteiger partial charge in [0.1, 0.15) is 5.84 Å². The summed E-state index contributed by atoms with van der Waals surface area (Å²) in [6.45, 7) is 8.68. The summed E-state index contributed by atoms with van der Waals surface area (Å²) in [6, 6.07) is 3.99. The van der Waals surface area contributed by atoms with Crippen LogP contribution in [0.2, 0.25) is 5.02 Å². The Kier molecular flexibility index (Phi) is 8.47. The molecule has 0 radical (unpaired) electrons. The number of fused-ring (bicyclic) bond motifs is 2. The molecule has 1 saturated heterocycles. The molecule has 3 heterocycles. The van der Waals surface area contributed by atoms with Gasteiger partial charge >= 0.3 is 0 Å². The molecule has 14 heteroatoms. The van der Waals surface area contributed by atoms with Gasteiger partial charge in [0.2, 0.25) is 5.91 Å². The lowest BCUT2D eigenvalue weighted by Gasteiger charge is -2.41. The molecule has 3 aromatic rings. The number of sulfone groups is 1. The van der Waals surface area contributed by atoms with E-state index in [1.807, 2.05) is 0 Å². The number of carbonyl (C=O) groups excluding carboxylic acids is 1. The molecular formula is C31H33ClFN7O4S. The van der Waals surface area contributed by atoms with E-state index in [9.17, 15) is 23.7 Å². The molecule has 0 spiro atoms. The van der Waals surface area contributed by atoms with E-state index in [4.69, 9.17) is 22.7 Å². The molecule has 0 aliphatic carbocycles. The molecule has 2 atom stereocenters. The molecule has 6 N–H and O–H groups in total. The van der Waals surface area contributed by atoms with E-state index in [1.54, 1.807) is 32.0 Å². The van der Waals surface area contributed by atoms with Gasteiger partial charge in [0.25, 0.3) is 0 Å². The second-order valence-electron chi connectivity index (χ2n) is 11.1. The summed E-state index contributed by atoms with van der Waals surface area (Å²) in [4.78, 5) is 19.2. The first-order chi connectivity index (χ1) is 21.2. The first-order valence-electron chi connectivity index (χ1n) is 14.1. The van der Waals surface area contributed by atoms with Crippen molar-refractivity contribution < 1.29 is 22.7 Å². The van der Waals surface area contributed by atoms with Crippen molar-refractivity contribution in [1.29, 1.82) is 10.8 Å². The molecule has 1 aromatic heterocycles. The Morgan fingerprint density at radius 2 is 1.93 bits per heavy atom. The number of aromatic nitrogens is 1. The number of nitrogens with zero attached hydrogens (tertiary/aromatic N) is 3. The first kappa shape index (κ1) is 32.1. The van der Waals surface area contributed by atoms with Crippen LogP contribution in [0, 0.1) is 30.5 Å². The Labute approximate surface area is 265 Å². The van der Waals surface area contributed by atoms with Gasteiger partial charge in [-0.3, -0.25) is 15.2 Å². The highest BCUT2D eigenvalue weighted by molar-refractivity contribution is 7.91. The smallest absolute Gasteiger partial charge is 0.246 e. The highest BCUT2D eigenvalue weighted by atomic mass is 35.5. The van der Waals surface area contributed by atoms with Crippen molar-refractivity contribution in [3.05, 3.63) is 75.8 Å². The molecule has 1 fully saturated rings. The number of carbonyl (C=O) groups is 1. The third-order valence-corrected chi connectivity index (χ3v) is 10.6. The number of nitrogens with one attached hydrogen (secondary N) is 3. The van der Waals surface area contributed by atoms with Crippen molar-refractivity contribution in [3.8, 4) is 11.1 Å². The van der Waals surface area contributed by atoms with Crippen molar-refractivity contribution in [2.24, 2.45) is 0 Å². The molecule has 236 valence electrons. The van der Waals surface area contributed by atoms with Crippen molar-refractivity contribution >= 4 is 56.5 Å². The Hall–Kier alpha value is -4.33. The van der Waals surface area contributed by atoms with E-state index in [-0.39, 0.29) is 76.4 Å². The lowest BCUT2D eigenvalue weighted by molar-refractivity contribution is -0.128. The molecule has 2 aromatic carbocycles. The Bertz CT molecular complexity index is 1900. The molecule has 0 saturated carbocycles. The number of aliphatic hydroxyl groups is 1. The van der Waals surface area contributed by atoms with Crippen LogP contribution in [0.5, 0.6) is 0 Å². The van der Waals surface area contributed by atoms with Crippen molar-refractivity contribution in [3.63, 3.8) is 0 Å². The Morgan fingerprint density at radius 1 is 1.22 bits per heavy atom. The second-order valence-corrected chi connectivity index (χ2v) is 13.5. The monoisotopic (exact) mass is 653 g/mol. The van der Waals surface area contributed by atoms with Gasteiger partial charge in [-0.15, -0.1) is 0 Å². The average molecular weight is 654 g/mol. The lowest BCUT2D eigenvalue weighted by atomic mass is 9.91. The number of piperazine rings is 1. The predicted molar refractivity (Wildman–Crippen MR) is 173 cm³/mol. The number of halogens is 2. The number of aliphatic hydroxyl groups excluding tert-OH is 1. The fourth-order valence-corrected chi connectivity index (χ4v) is 8.51. The quantitative estimate of drug-likeness (QED) is 0.113. The summed E-state index contributed by atoms with van der Waals surface area (Å²) in [5.41, 5.74) is 7.10. The van der Waals surface area contributed by atoms with Gasteiger partial charge in [0, 0.05) is 48.9 Å². The molecule has 45 heavy (non-hydrogen) atoms. The highest BCUT2D eigenvalue weighted by Crippen LogP contribution is 2.48. The molecule has 11 nitrogen and oxygen atoms in total. The molecule has 2 aliphatic heterocycles. The summed E-state index contributed by atoms with van der Waals surface area (Å²) in [5.74, 6) is -2.16. The number of rotatable bonds is 6. The summed E-state index contributed by atoms with van der Waals surface area (Å²) < 4.78 is 45.9. The standard InChI is InChI=1S/C31H33ClFN7O4S/c1-5-21(42)39-10-11-40-18(13-39)14-45(43,44)30-24(31(40)36)29(38-27-16(3)8-9-37-28(27)17(4)41)26(33)23(25(30)32)22-15(2)6-7-20(35)19(22)12-34/h5-9,12,17-18,34,36,38,41H,1,10-11,13-14,35H2,2-4H3. The van der Waals surface area contributed by atoms with Crippen LogP contribution < -0.4 is 11.1 Å². The number of nitrogens with two attached hydrogens (primary N) is 1. The first-order valence-corrected chi connectivity index (χ1v) is 16.1. The maximum atomic E-state index is 17.3. The molecule has 1 amide bonds. The van der Waals surface area contributed by atoms with Crippen LogP contribution in [-0.4, -0.2) is 77.7 Å². The SMILES string of the molecule is C=CC(=O)N1CCN2C(=N)c3c(Nc4c(C)ccnc4C(C)O)c(F)c(-c4c(C)ccc(N)c4C=N)c(Cl)c3S(=O)(=O)CC2C1. The van der Waals surface area contributed by atoms with Gasteiger partial charge in [-0.2, -0.15) is 0 Å². The van der Waals surface area contributed by atoms with Gasteiger partial charge in [-0.25, -0.2) is 12.8 Å². The van der Waals surface area contributed by atoms with Gasteiger partial charge in [0.05, 0.1) is 50.4 Å². The van der Waals surface area contributed by atoms with Crippen LogP contribution in [-0.2, 0) is 14.6 Å². The maximum Gasteiger partial charge on any atom is 0.246 e. The average Bonchev–Trinajstić information content (AvgIpc) is 3.07. The van der Waals surface area contributed by atoms with E-state index in [2.05, 4.69) is 16.9 Å². The van der Waals surface area contributed by atoms with E-state index < -0.39 is 43.5 Å². The summed E-state index contributed by atoms with van der Waals surface area (Å²) in [6.07, 6.45) is 2.50. The van der Waals surface area contributed by atoms with Crippen LogP contribution in [0.15, 0.2) is 41.9 Å². The fourth-order valence-electron chi connectivity index (χ4n) is 6.04. The zero-order valence-electron chi connectivity index (χ0n) is 24.9. The molecule has 2 unspecified atom stereocenters. The van der Waals surface area contributed by atoms with Gasteiger partial charge < -0.3 is 31.4 Å². The van der Waals surface area contributed by atoms with E-state index in [0.717, 1.165) is 12.3 Å². The topological polar surface area (TPSA) is 177 Å². The third kappa shape index (κ3) is 5.34. The molecule has 0 bridgehead atoms. The second kappa shape index (κ2) is 11.9. The number of aryl methyl sites for hydroxylation is 2. The number of benzene rings is 2. The van der Waals surface area contributed by atoms with Crippen LogP contribution in [0.3, 0.4) is 0 Å². The highest BCUT2D eigenvalue weighted by Gasteiger charge is 2.44. The van der Waals surface area contributed by atoms with Crippen LogP contribution in [0.25, 0.3) is 11.1 Å². The van der Waals surface area contributed by atoms with Crippen LogP contribution >= 0.6 is 11.6 Å². The maximum absolute atomic E-state index is 17.3.